The Morgan fingerprint density at radius 1 is 0.573 bits per heavy atom. The first-order valence-electron chi connectivity index (χ1n) is 27.4. The number of aryl methyl sites for hydroxylation is 5. The monoisotopic (exact) mass is 1280 g/mol. The van der Waals surface area contributed by atoms with Crippen LogP contribution < -0.4 is 22.5 Å². The summed E-state index contributed by atoms with van der Waals surface area (Å²) < 4.78 is 21.5. The van der Waals surface area contributed by atoms with E-state index in [9.17, 15) is 24.6 Å². The third-order valence-electron chi connectivity index (χ3n) is 14.0. The van der Waals surface area contributed by atoms with E-state index >= 15 is 0 Å². The lowest BCUT2D eigenvalue weighted by Gasteiger charge is -2.32. The van der Waals surface area contributed by atoms with E-state index in [2.05, 4.69) is 99.9 Å². The van der Waals surface area contributed by atoms with Gasteiger partial charge in [0.05, 0.1) is 44.6 Å². The Labute approximate surface area is 507 Å². The molecule has 0 spiro atoms. The normalized spacial score (nSPS) is 14.4. The van der Waals surface area contributed by atoms with E-state index in [0.29, 0.717) is 51.3 Å². The molecule has 16 nitrogen and oxygen atoms in total. The Bertz CT molecular complexity index is 3730. The molecule has 8 aromatic rings. The van der Waals surface area contributed by atoms with Gasteiger partial charge in [-0.15, -0.1) is 0 Å². The van der Waals surface area contributed by atoms with E-state index in [-0.39, 0.29) is 46.2 Å². The number of H-pyrrole nitrogens is 1. The standard InChI is InChI=1S/C22H29N3O2.C16H25BO3.C12H16ClN3O.C7H6ClN3O.C5H11I/c1-14-8-9-15(22(5,6)27)12-16(14)17-10-11-18-19(23-17)24(7)20(26)25(18)13-21(2,3)4;1-11-8-9-12(14(2,3)18)10-13(11)17-19-15(4,5)16(6,7)20-17;1-12(2,3)7-16-8-5-6-9(13)14-10(8)15(4)11(16)17;1-11-6-4(9-7(11)12)2-3-5(8)10-6;1-5(2,3)4-6/h8-12,27H,13H2,1-7H3;8-10,18H,1-7H3;5-6H,7H2,1-4H3;2-3H,1H3,(H,9,12);4H2,1-3H3. The lowest BCUT2D eigenvalue weighted by molar-refractivity contribution is 0.00578. The molecule has 0 amide bonds. The number of aliphatic hydroxyl groups is 2. The van der Waals surface area contributed by atoms with Gasteiger partial charge < -0.3 is 24.5 Å². The minimum Gasteiger partial charge on any atom is -0.399 e. The van der Waals surface area contributed by atoms with Gasteiger partial charge in [0.1, 0.15) is 10.3 Å². The van der Waals surface area contributed by atoms with Gasteiger partial charge in [-0.25, -0.2) is 29.3 Å². The minimum atomic E-state index is -0.921. The van der Waals surface area contributed by atoms with Crippen molar-refractivity contribution in [3.8, 4) is 11.3 Å². The minimum absolute atomic E-state index is 0.00555. The second kappa shape index (κ2) is 25.2. The highest BCUT2D eigenvalue weighted by molar-refractivity contribution is 14.1. The number of nitrogens with one attached hydrogen (secondary N) is 1. The number of benzene rings is 2. The number of halogens is 3. The first kappa shape index (κ1) is 67.7. The van der Waals surface area contributed by atoms with Gasteiger partial charge in [0.15, 0.2) is 16.9 Å². The molecule has 0 bridgehead atoms. The lowest BCUT2D eigenvalue weighted by Crippen LogP contribution is -2.41. The molecule has 9 rings (SSSR count). The average Bonchev–Trinajstić information content (AvgIpc) is 4.00. The second-order valence-corrected chi connectivity index (χ2v) is 28.5. The van der Waals surface area contributed by atoms with E-state index < -0.39 is 11.2 Å². The van der Waals surface area contributed by atoms with Crippen LogP contribution in [0.3, 0.4) is 0 Å². The van der Waals surface area contributed by atoms with Gasteiger partial charge in [-0.1, -0.05) is 144 Å². The van der Waals surface area contributed by atoms with Crippen LogP contribution in [0.25, 0.3) is 44.7 Å². The van der Waals surface area contributed by atoms with Crippen LogP contribution in [0.2, 0.25) is 10.3 Å². The highest BCUT2D eigenvalue weighted by Crippen LogP contribution is 2.37. The smallest absolute Gasteiger partial charge is 0.399 e. The third kappa shape index (κ3) is 16.8. The van der Waals surface area contributed by atoms with Gasteiger partial charge in [0.2, 0.25) is 0 Å². The summed E-state index contributed by atoms with van der Waals surface area (Å²) in [5.74, 6) is 0. The molecule has 1 fully saturated rings. The number of fused-ring (bicyclic) bond motifs is 3. The Kier molecular flexibility index (Phi) is 20.8. The molecule has 0 aliphatic carbocycles. The molecule has 0 saturated carbocycles. The fourth-order valence-corrected chi connectivity index (χ4v) is 8.81. The van der Waals surface area contributed by atoms with Gasteiger partial charge >= 0.3 is 24.2 Å². The number of hydrogen-bond acceptors (Lipinski definition) is 10. The van der Waals surface area contributed by atoms with E-state index in [4.69, 9.17) is 37.5 Å². The Morgan fingerprint density at radius 2 is 0.988 bits per heavy atom. The number of imidazole rings is 3. The summed E-state index contributed by atoms with van der Waals surface area (Å²) >= 11 is 13.9. The third-order valence-corrected chi connectivity index (χ3v) is 16.7. The first-order chi connectivity index (χ1) is 37.4. The molecular weight excluding hydrogens is 1190 g/mol. The average molecular weight is 1280 g/mol. The van der Waals surface area contributed by atoms with Crippen molar-refractivity contribution in [1.82, 2.24) is 42.8 Å². The maximum atomic E-state index is 12.7. The van der Waals surface area contributed by atoms with Crippen molar-refractivity contribution < 1.29 is 19.5 Å². The van der Waals surface area contributed by atoms with Crippen molar-refractivity contribution >= 4 is 91.9 Å². The lowest BCUT2D eigenvalue weighted by atomic mass is 9.74. The predicted octanol–water partition coefficient (Wildman–Crippen LogP) is 12.3. The van der Waals surface area contributed by atoms with Crippen LogP contribution in [-0.4, -0.2) is 75.7 Å². The van der Waals surface area contributed by atoms with Gasteiger partial charge in [0, 0.05) is 44.2 Å². The van der Waals surface area contributed by atoms with Crippen LogP contribution in [0.1, 0.15) is 140 Å². The molecule has 0 radical (unpaired) electrons. The van der Waals surface area contributed by atoms with Crippen molar-refractivity contribution in [2.75, 3.05) is 4.43 Å². The largest absolute Gasteiger partial charge is 0.495 e. The zero-order valence-electron chi connectivity index (χ0n) is 52.3. The van der Waals surface area contributed by atoms with Crippen LogP contribution in [0, 0.1) is 30.1 Å². The molecule has 20 heteroatoms. The number of hydrogen-bond donors (Lipinski definition) is 3. The maximum absolute atomic E-state index is 12.7. The molecule has 2 aromatic carbocycles. The van der Waals surface area contributed by atoms with Crippen molar-refractivity contribution in [1.29, 1.82) is 0 Å². The van der Waals surface area contributed by atoms with Crippen LogP contribution in [-0.2, 0) is 54.7 Å². The SMILES string of the molecule is CC(C)(C)CI.Cc1ccc(C(C)(C)O)cc1-c1ccc2c(n1)n(C)c(=O)n2CC(C)(C)C.Cc1ccc(C(C)(C)O)cc1B1OC(C)(C)C(C)(C)O1.Cn1c(=O)[nH]c2ccc(Cl)nc21.Cn1c(=O)n(CC(C)(C)C)c2ccc(Cl)nc21. The van der Waals surface area contributed by atoms with Crippen LogP contribution in [0.5, 0.6) is 0 Å². The highest BCUT2D eigenvalue weighted by Gasteiger charge is 2.52. The number of aromatic amines is 1. The Morgan fingerprint density at radius 3 is 1.44 bits per heavy atom. The Balaban J connectivity index is 0.000000200. The zero-order chi connectivity index (χ0) is 62.2. The number of rotatable bonds is 6. The van der Waals surface area contributed by atoms with Gasteiger partial charge in [-0.2, -0.15) is 0 Å². The maximum Gasteiger partial charge on any atom is 0.495 e. The Hall–Kier alpha value is -5.09. The summed E-state index contributed by atoms with van der Waals surface area (Å²) in [6, 6.07) is 22.7. The quantitative estimate of drug-likeness (QED) is 0.0625. The molecule has 3 N–H and O–H groups in total. The summed E-state index contributed by atoms with van der Waals surface area (Å²) in [7, 11) is 4.74. The van der Waals surface area contributed by atoms with E-state index in [1.807, 2.05) is 96.1 Å². The summed E-state index contributed by atoms with van der Waals surface area (Å²) in [5.41, 5.74) is 8.69. The zero-order valence-corrected chi connectivity index (χ0v) is 55.9. The van der Waals surface area contributed by atoms with Crippen LogP contribution in [0.4, 0.5) is 0 Å². The van der Waals surface area contributed by atoms with Gasteiger partial charge in [-0.3, -0.25) is 22.8 Å². The number of pyridine rings is 3. The summed E-state index contributed by atoms with van der Waals surface area (Å²) in [5, 5.41) is 21.3. The van der Waals surface area contributed by atoms with E-state index in [1.165, 1.54) is 13.6 Å². The van der Waals surface area contributed by atoms with Crippen LogP contribution in [0.15, 0.2) is 87.2 Å². The highest BCUT2D eigenvalue weighted by atomic mass is 127. The van der Waals surface area contributed by atoms with E-state index in [0.717, 1.165) is 50.0 Å². The summed E-state index contributed by atoms with van der Waals surface area (Å²) in [6.07, 6.45) is 0. The summed E-state index contributed by atoms with van der Waals surface area (Å²) in [6.45, 7) is 40.0. The molecule has 6 aromatic heterocycles. The molecule has 7 heterocycles. The molecule has 1 saturated heterocycles. The van der Waals surface area contributed by atoms with Crippen molar-refractivity contribution in [2.24, 2.45) is 37.4 Å². The fraction of sp³-hybridized carbons (Fsp3) is 0.516. The second-order valence-electron chi connectivity index (χ2n) is 27.0. The molecule has 1 aliphatic rings. The van der Waals surface area contributed by atoms with Gasteiger partial charge in [0.25, 0.3) is 0 Å². The molecule has 1 aliphatic heterocycles. The predicted molar refractivity (Wildman–Crippen MR) is 346 cm³/mol. The molecular formula is C62H87BCl2IN9O7. The number of aromatic nitrogens is 9. The van der Waals surface area contributed by atoms with E-state index in [1.54, 1.807) is 80.7 Å². The van der Waals surface area contributed by atoms with Gasteiger partial charge in [-0.05, 0) is 150 Å². The molecule has 82 heavy (non-hydrogen) atoms. The van der Waals surface area contributed by atoms with Crippen molar-refractivity contribution in [2.45, 2.75) is 167 Å². The van der Waals surface area contributed by atoms with Crippen molar-refractivity contribution in [3.05, 3.63) is 137 Å². The number of nitrogens with zero attached hydrogens (tertiary/aromatic N) is 8. The number of alkyl halides is 1. The van der Waals surface area contributed by atoms with Crippen LogP contribution >= 0.6 is 45.8 Å². The molecule has 0 unspecified atom stereocenters. The molecule has 446 valence electrons. The van der Waals surface area contributed by atoms with Crippen molar-refractivity contribution in [3.63, 3.8) is 0 Å². The topological polar surface area (TPSA) is 189 Å². The summed E-state index contributed by atoms with van der Waals surface area (Å²) in [4.78, 5) is 51.5. The molecule has 0 atom stereocenters. The first-order valence-corrected chi connectivity index (χ1v) is 29.7. The fourth-order valence-electron chi connectivity index (χ4n) is 8.52.